The molecule has 0 bridgehead atoms. The minimum absolute atomic E-state index is 0.0444. The van der Waals surface area contributed by atoms with Crippen LogP contribution in [0.5, 0.6) is 0 Å². The molecule has 3 atom stereocenters. The second-order valence-electron chi connectivity index (χ2n) is 5.75. The third kappa shape index (κ3) is 3.52. The van der Waals surface area contributed by atoms with Crippen molar-refractivity contribution in [3.63, 3.8) is 0 Å². The highest BCUT2D eigenvalue weighted by Crippen LogP contribution is 2.41. The van der Waals surface area contributed by atoms with E-state index in [1.807, 2.05) is 0 Å². The number of ether oxygens (including phenoxy) is 1. The van der Waals surface area contributed by atoms with E-state index in [1.165, 1.54) is 12.1 Å². The van der Waals surface area contributed by atoms with Crippen molar-refractivity contribution < 1.29 is 38.4 Å². The van der Waals surface area contributed by atoms with Gasteiger partial charge in [-0.3, -0.25) is 9.36 Å². The first kappa shape index (κ1) is 20.0. The molecule has 0 aliphatic carbocycles. The van der Waals surface area contributed by atoms with E-state index in [2.05, 4.69) is 10.3 Å². The molecule has 150 valence electrons. The lowest BCUT2D eigenvalue weighted by atomic mass is 10.1. The maximum atomic E-state index is 14.1. The van der Waals surface area contributed by atoms with Crippen LogP contribution < -0.4 is 11.0 Å². The largest absolute Gasteiger partial charge is 0.477 e. The minimum Gasteiger partial charge on any atom is -0.477 e. The Kier molecular flexibility index (Phi) is 5.25. The zero-order chi connectivity index (χ0) is 20.6. The average Bonchev–Trinajstić information content (AvgIpc) is 3.21. The first-order chi connectivity index (χ1) is 13.1. The van der Waals surface area contributed by atoms with Crippen LogP contribution in [-0.2, 0) is 4.74 Å². The molecule has 1 fully saturated rings. The summed E-state index contributed by atoms with van der Waals surface area (Å²) in [5, 5.41) is 29.6. The topological polar surface area (TPSA) is 151 Å². The molecule has 2 aromatic heterocycles. The molecule has 0 spiro atoms. The van der Waals surface area contributed by atoms with Gasteiger partial charge in [0.05, 0.1) is 11.5 Å². The summed E-state index contributed by atoms with van der Waals surface area (Å²) in [6.45, 7) is -0.872. The number of carboxylic acids is 1. The van der Waals surface area contributed by atoms with Gasteiger partial charge in [-0.05, 0) is 18.2 Å². The molecular formula is C15H13F2N3O7S. The predicted molar refractivity (Wildman–Crippen MR) is 89.7 cm³/mol. The smallest absolute Gasteiger partial charge is 0.351 e. The Hall–Kier alpha value is -2.74. The Morgan fingerprint density at radius 1 is 1.32 bits per heavy atom. The van der Waals surface area contributed by atoms with Gasteiger partial charge < -0.3 is 25.4 Å². The van der Waals surface area contributed by atoms with Gasteiger partial charge in [0, 0.05) is 6.20 Å². The number of aliphatic hydroxyl groups excluding tert-OH is 2. The van der Waals surface area contributed by atoms with Gasteiger partial charge in [-0.15, -0.1) is 11.3 Å². The monoisotopic (exact) mass is 417 g/mol. The molecule has 4 N–H and O–H groups in total. The summed E-state index contributed by atoms with van der Waals surface area (Å²) >= 11 is 0.705. The molecule has 3 heterocycles. The highest BCUT2D eigenvalue weighted by Gasteiger charge is 2.59. The molecule has 1 amide bonds. The first-order valence-electron chi connectivity index (χ1n) is 7.71. The van der Waals surface area contributed by atoms with Crippen LogP contribution in [0, 0.1) is 0 Å². The molecule has 13 heteroatoms. The zero-order valence-corrected chi connectivity index (χ0v) is 14.6. The average molecular weight is 417 g/mol. The molecule has 0 aromatic carbocycles. The van der Waals surface area contributed by atoms with Crippen molar-refractivity contribution in [1.29, 1.82) is 0 Å². The molecule has 0 saturated carbocycles. The van der Waals surface area contributed by atoms with Crippen LogP contribution >= 0.6 is 11.3 Å². The highest BCUT2D eigenvalue weighted by atomic mass is 32.1. The van der Waals surface area contributed by atoms with Gasteiger partial charge >= 0.3 is 17.6 Å². The van der Waals surface area contributed by atoms with Crippen LogP contribution in [0.15, 0.2) is 29.2 Å². The molecular weight excluding hydrogens is 404 g/mol. The fraction of sp³-hybridized carbons (Fsp3) is 0.333. The summed E-state index contributed by atoms with van der Waals surface area (Å²) in [6.07, 6.45) is -5.17. The van der Waals surface area contributed by atoms with Crippen LogP contribution in [0.25, 0.3) is 0 Å². The third-order valence-corrected chi connectivity index (χ3v) is 5.00. The summed E-state index contributed by atoms with van der Waals surface area (Å²) in [4.78, 5) is 38.5. The first-order valence-corrected chi connectivity index (χ1v) is 8.52. The SMILES string of the molecule is O=C(O)c1ccc(C(=O)Nc2ccn(C3OC(CO)C(O)C3(F)F)c(=O)n2)s1. The van der Waals surface area contributed by atoms with Gasteiger partial charge in [0.15, 0.2) is 6.10 Å². The maximum absolute atomic E-state index is 14.1. The van der Waals surface area contributed by atoms with E-state index in [4.69, 9.17) is 14.9 Å². The van der Waals surface area contributed by atoms with E-state index >= 15 is 0 Å². The summed E-state index contributed by atoms with van der Waals surface area (Å²) < 4.78 is 33.5. The second kappa shape index (κ2) is 7.35. The lowest BCUT2D eigenvalue weighted by Crippen LogP contribution is -2.41. The Morgan fingerprint density at radius 3 is 2.54 bits per heavy atom. The molecule has 1 aliphatic heterocycles. The number of alkyl halides is 2. The van der Waals surface area contributed by atoms with Crippen LogP contribution in [0.3, 0.4) is 0 Å². The lowest BCUT2D eigenvalue weighted by Gasteiger charge is -2.21. The lowest BCUT2D eigenvalue weighted by molar-refractivity contribution is -0.140. The number of aliphatic hydroxyl groups is 2. The zero-order valence-electron chi connectivity index (χ0n) is 13.8. The predicted octanol–water partition coefficient (Wildman–Crippen LogP) is 0.141. The van der Waals surface area contributed by atoms with E-state index in [0.717, 1.165) is 12.3 Å². The number of aromatic carboxylic acids is 1. The van der Waals surface area contributed by atoms with E-state index in [9.17, 15) is 28.3 Å². The summed E-state index contributed by atoms with van der Waals surface area (Å²) in [5.41, 5.74) is -1.19. The second-order valence-corrected chi connectivity index (χ2v) is 6.84. The van der Waals surface area contributed by atoms with Crippen molar-refractivity contribution >= 4 is 29.0 Å². The van der Waals surface area contributed by atoms with E-state index in [-0.39, 0.29) is 15.6 Å². The number of nitrogens with one attached hydrogen (secondary N) is 1. The number of anilines is 1. The molecule has 1 saturated heterocycles. The van der Waals surface area contributed by atoms with Gasteiger partial charge in [0.25, 0.3) is 5.91 Å². The molecule has 0 radical (unpaired) electrons. The quantitative estimate of drug-likeness (QED) is 0.536. The summed E-state index contributed by atoms with van der Waals surface area (Å²) in [7, 11) is 0. The van der Waals surface area contributed by atoms with Crippen molar-refractivity contribution in [2.75, 3.05) is 11.9 Å². The summed E-state index contributed by atoms with van der Waals surface area (Å²) in [6, 6.07) is 3.56. The molecule has 28 heavy (non-hydrogen) atoms. The van der Waals surface area contributed by atoms with Gasteiger partial charge in [-0.25, -0.2) is 9.59 Å². The van der Waals surface area contributed by atoms with Gasteiger partial charge in [0.2, 0.25) is 6.23 Å². The minimum atomic E-state index is -3.85. The number of carbonyl (C=O) groups is 2. The molecule has 3 rings (SSSR count). The molecule has 3 unspecified atom stereocenters. The van der Waals surface area contributed by atoms with Crippen molar-refractivity contribution in [2.45, 2.75) is 24.4 Å². The third-order valence-electron chi connectivity index (χ3n) is 3.92. The number of amides is 1. The van der Waals surface area contributed by atoms with E-state index < -0.39 is 48.5 Å². The number of nitrogens with zero attached hydrogens (tertiary/aromatic N) is 2. The fourth-order valence-corrected chi connectivity index (χ4v) is 3.27. The normalized spacial score (nSPS) is 23.5. The van der Waals surface area contributed by atoms with Gasteiger partial charge in [-0.2, -0.15) is 13.8 Å². The molecule has 2 aromatic rings. The van der Waals surface area contributed by atoms with Crippen molar-refractivity contribution in [3.05, 3.63) is 44.6 Å². The number of carbonyl (C=O) groups excluding carboxylic acids is 1. The van der Waals surface area contributed by atoms with Gasteiger partial charge in [-0.1, -0.05) is 0 Å². The standard InChI is InChI=1S/C15H13F2N3O7S/c16-15(17)10(22)6(5-21)27-13(15)20-4-3-9(19-14(20)26)18-11(23)7-1-2-8(28-7)12(24)25/h1-4,6,10,13,21-22H,5H2,(H,24,25)(H,18,19,23,26). The number of aromatic nitrogens is 2. The Morgan fingerprint density at radius 2 is 2.00 bits per heavy atom. The Labute approximate surface area is 158 Å². The maximum Gasteiger partial charge on any atom is 0.351 e. The van der Waals surface area contributed by atoms with Gasteiger partial charge in [0.1, 0.15) is 16.8 Å². The van der Waals surface area contributed by atoms with Crippen molar-refractivity contribution in [3.8, 4) is 0 Å². The van der Waals surface area contributed by atoms with E-state index in [0.29, 0.717) is 15.9 Å². The number of carboxylic acid groups (broad SMARTS) is 1. The Bertz CT molecular complexity index is 977. The van der Waals surface area contributed by atoms with Crippen LogP contribution in [0.2, 0.25) is 0 Å². The summed E-state index contributed by atoms with van der Waals surface area (Å²) in [5.74, 6) is -6.04. The van der Waals surface area contributed by atoms with E-state index in [1.54, 1.807) is 0 Å². The Balaban J connectivity index is 1.80. The van der Waals surface area contributed by atoms with Crippen LogP contribution in [0.1, 0.15) is 25.6 Å². The molecule has 10 nitrogen and oxygen atoms in total. The van der Waals surface area contributed by atoms with Crippen molar-refractivity contribution in [2.24, 2.45) is 0 Å². The van der Waals surface area contributed by atoms with Crippen LogP contribution in [0.4, 0.5) is 14.6 Å². The highest BCUT2D eigenvalue weighted by molar-refractivity contribution is 7.15. The van der Waals surface area contributed by atoms with Crippen molar-refractivity contribution in [1.82, 2.24) is 9.55 Å². The fourth-order valence-electron chi connectivity index (χ4n) is 2.53. The number of rotatable bonds is 5. The number of hydrogen-bond acceptors (Lipinski definition) is 8. The molecule has 1 aliphatic rings. The number of halogens is 2. The number of thiophene rings is 1. The number of hydrogen-bond donors (Lipinski definition) is 4. The van der Waals surface area contributed by atoms with Crippen LogP contribution in [-0.4, -0.2) is 61.5 Å².